The maximum absolute atomic E-state index is 13.3. The first-order valence-electron chi connectivity index (χ1n) is 12.0. The lowest BCUT2D eigenvalue weighted by molar-refractivity contribution is -0.120. The number of carbonyl (C=O) groups is 1. The number of anilines is 2. The second-order valence-corrected chi connectivity index (χ2v) is 10.3. The number of rotatable bonds is 10. The molecule has 2 saturated heterocycles. The highest BCUT2D eigenvalue weighted by Crippen LogP contribution is 2.39. The molecule has 1 atom stereocenters. The summed E-state index contributed by atoms with van der Waals surface area (Å²) in [5.74, 6) is 0.896. The molecule has 0 spiro atoms. The van der Waals surface area contributed by atoms with Crippen molar-refractivity contribution in [3.63, 3.8) is 0 Å². The van der Waals surface area contributed by atoms with E-state index in [-0.39, 0.29) is 11.7 Å². The van der Waals surface area contributed by atoms with Gasteiger partial charge in [-0.05, 0) is 33.1 Å². The molecule has 186 valence electrons. The van der Waals surface area contributed by atoms with Crippen molar-refractivity contribution in [3.8, 4) is 11.5 Å². The Bertz CT molecular complexity index is 902. The molecule has 1 amide bonds. The van der Waals surface area contributed by atoms with Gasteiger partial charge in [-0.15, -0.1) is 0 Å². The number of sulfonamides is 1. The number of hydrogen-bond acceptors (Lipinski definition) is 7. The molecule has 0 aliphatic carbocycles. The van der Waals surface area contributed by atoms with Crippen molar-refractivity contribution >= 4 is 27.3 Å². The molecule has 1 aromatic carbocycles. The van der Waals surface area contributed by atoms with E-state index in [2.05, 4.69) is 10.2 Å². The predicted molar refractivity (Wildman–Crippen MR) is 129 cm³/mol. The normalized spacial score (nSPS) is 19.8. The monoisotopic (exact) mass is 483 g/mol. The SMILES string of the molecule is CCCS(=O)(=O)N1CCCCC1C(=O)Nc1cc(OCC)c(N2CCOCC2)cc1OCC. The van der Waals surface area contributed by atoms with Gasteiger partial charge in [-0.25, -0.2) is 8.42 Å². The van der Waals surface area contributed by atoms with Gasteiger partial charge in [0.15, 0.2) is 0 Å². The largest absolute Gasteiger partial charge is 0.492 e. The molecule has 2 heterocycles. The quantitative estimate of drug-likeness (QED) is 0.546. The molecule has 0 aromatic heterocycles. The molecule has 3 rings (SSSR count). The van der Waals surface area contributed by atoms with Crippen LogP contribution in [0.4, 0.5) is 11.4 Å². The van der Waals surface area contributed by atoms with Gasteiger partial charge in [-0.1, -0.05) is 13.3 Å². The van der Waals surface area contributed by atoms with Gasteiger partial charge in [0, 0.05) is 31.8 Å². The molecule has 0 radical (unpaired) electrons. The van der Waals surface area contributed by atoms with Crippen LogP contribution in [0.3, 0.4) is 0 Å². The fourth-order valence-electron chi connectivity index (χ4n) is 4.34. The Kier molecular flexibility index (Phi) is 9.22. The fourth-order valence-corrected chi connectivity index (χ4v) is 6.08. The summed E-state index contributed by atoms with van der Waals surface area (Å²) < 4.78 is 44.1. The van der Waals surface area contributed by atoms with Crippen molar-refractivity contribution < 1.29 is 27.4 Å². The van der Waals surface area contributed by atoms with E-state index in [1.54, 1.807) is 6.07 Å². The van der Waals surface area contributed by atoms with Gasteiger partial charge < -0.3 is 24.4 Å². The van der Waals surface area contributed by atoms with Gasteiger partial charge in [-0.2, -0.15) is 4.31 Å². The van der Waals surface area contributed by atoms with E-state index in [0.29, 0.717) is 63.0 Å². The zero-order chi connectivity index (χ0) is 23.8. The molecule has 2 aliphatic rings. The van der Waals surface area contributed by atoms with Crippen molar-refractivity contribution in [2.75, 3.05) is 62.0 Å². The highest BCUT2D eigenvalue weighted by atomic mass is 32.2. The number of benzene rings is 1. The number of ether oxygens (including phenoxy) is 3. The minimum absolute atomic E-state index is 0.0453. The summed E-state index contributed by atoms with van der Waals surface area (Å²) in [6.45, 7) is 9.66. The fraction of sp³-hybridized carbons (Fsp3) is 0.696. The third-order valence-corrected chi connectivity index (χ3v) is 7.92. The van der Waals surface area contributed by atoms with E-state index in [0.717, 1.165) is 31.6 Å². The molecule has 33 heavy (non-hydrogen) atoms. The van der Waals surface area contributed by atoms with Crippen LogP contribution in [0.5, 0.6) is 11.5 Å². The van der Waals surface area contributed by atoms with E-state index >= 15 is 0 Å². The first-order chi connectivity index (χ1) is 15.9. The maximum Gasteiger partial charge on any atom is 0.242 e. The Morgan fingerprint density at radius 2 is 1.76 bits per heavy atom. The molecular formula is C23H37N3O6S. The summed E-state index contributed by atoms with van der Waals surface area (Å²) in [4.78, 5) is 15.5. The Balaban J connectivity index is 1.90. The number of morpholine rings is 1. The number of piperidine rings is 1. The Morgan fingerprint density at radius 3 is 2.42 bits per heavy atom. The number of hydrogen-bond donors (Lipinski definition) is 1. The lowest BCUT2D eigenvalue weighted by atomic mass is 10.0. The first-order valence-corrected chi connectivity index (χ1v) is 13.6. The van der Waals surface area contributed by atoms with Crippen LogP contribution in [0.2, 0.25) is 0 Å². The second kappa shape index (κ2) is 11.9. The summed E-state index contributed by atoms with van der Waals surface area (Å²) in [5, 5.41) is 2.94. The van der Waals surface area contributed by atoms with Crippen LogP contribution < -0.4 is 19.7 Å². The van der Waals surface area contributed by atoms with E-state index in [4.69, 9.17) is 14.2 Å². The highest BCUT2D eigenvalue weighted by Gasteiger charge is 2.36. The third-order valence-electron chi connectivity index (χ3n) is 5.85. The average Bonchev–Trinajstić information content (AvgIpc) is 2.81. The van der Waals surface area contributed by atoms with Crippen molar-refractivity contribution in [2.24, 2.45) is 0 Å². The van der Waals surface area contributed by atoms with Gasteiger partial charge in [-0.3, -0.25) is 4.79 Å². The van der Waals surface area contributed by atoms with Gasteiger partial charge in [0.2, 0.25) is 15.9 Å². The van der Waals surface area contributed by atoms with Crippen LogP contribution in [0.15, 0.2) is 12.1 Å². The maximum atomic E-state index is 13.3. The van der Waals surface area contributed by atoms with E-state index in [1.165, 1.54) is 4.31 Å². The zero-order valence-corrected chi connectivity index (χ0v) is 20.8. The molecule has 1 N–H and O–H groups in total. The third kappa shape index (κ3) is 6.30. The summed E-state index contributed by atoms with van der Waals surface area (Å²) in [6, 6.07) is 2.95. The van der Waals surface area contributed by atoms with Gasteiger partial charge in [0.1, 0.15) is 17.5 Å². The predicted octanol–water partition coefficient (Wildman–Crippen LogP) is 2.85. The van der Waals surface area contributed by atoms with E-state index in [9.17, 15) is 13.2 Å². The molecular weight excluding hydrogens is 446 g/mol. The first kappa shape index (κ1) is 25.6. The molecule has 9 nitrogen and oxygen atoms in total. The lowest BCUT2D eigenvalue weighted by Crippen LogP contribution is -2.50. The van der Waals surface area contributed by atoms with Crippen LogP contribution in [-0.2, 0) is 19.6 Å². The standard InChI is InChI=1S/C23H37N3O6S/c1-4-15-33(28,29)26-10-8-7-9-19(26)23(27)24-18-16-22(32-6-3)20(17-21(18)31-5-2)25-11-13-30-14-12-25/h16-17,19H,4-15H2,1-3H3,(H,24,27). The second-order valence-electron chi connectivity index (χ2n) is 8.21. The molecule has 0 saturated carbocycles. The lowest BCUT2D eigenvalue weighted by Gasteiger charge is -2.34. The van der Waals surface area contributed by atoms with Crippen LogP contribution in [0.25, 0.3) is 0 Å². The summed E-state index contributed by atoms with van der Waals surface area (Å²) >= 11 is 0. The van der Waals surface area contributed by atoms with Gasteiger partial charge in [0.25, 0.3) is 0 Å². The van der Waals surface area contributed by atoms with E-state index in [1.807, 2.05) is 26.8 Å². The summed E-state index contributed by atoms with van der Waals surface area (Å²) in [7, 11) is -3.48. The van der Waals surface area contributed by atoms with Crippen LogP contribution in [-0.4, -0.2) is 76.5 Å². The van der Waals surface area contributed by atoms with Gasteiger partial charge in [0.05, 0.1) is 43.6 Å². The number of nitrogens with zero attached hydrogens (tertiary/aromatic N) is 2. The Labute approximate surface area is 197 Å². The van der Waals surface area contributed by atoms with Crippen molar-refractivity contribution in [3.05, 3.63) is 12.1 Å². The number of carbonyl (C=O) groups excluding carboxylic acids is 1. The van der Waals surface area contributed by atoms with Gasteiger partial charge >= 0.3 is 0 Å². The summed E-state index contributed by atoms with van der Waals surface area (Å²) in [5.41, 5.74) is 1.38. The van der Waals surface area contributed by atoms with Crippen molar-refractivity contribution in [1.29, 1.82) is 0 Å². The smallest absolute Gasteiger partial charge is 0.242 e. The minimum atomic E-state index is -3.48. The molecule has 2 aliphatic heterocycles. The van der Waals surface area contributed by atoms with E-state index < -0.39 is 16.1 Å². The van der Waals surface area contributed by atoms with Crippen molar-refractivity contribution in [2.45, 2.75) is 52.5 Å². The van der Waals surface area contributed by atoms with Crippen LogP contribution in [0, 0.1) is 0 Å². The molecule has 10 heteroatoms. The zero-order valence-electron chi connectivity index (χ0n) is 20.0. The highest BCUT2D eigenvalue weighted by molar-refractivity contribution is 7.89. The molecule has 1 aromatic rings. The molecule has 2 fully saturated rings. The van der Waals surface area contributed by atoms with Crippen molar-refractivity contribution in [1.82, 2.24) is 4.31 Å². The number of amides is 1. The summed E-state index contributed by atoms with van der Waals surface area (Å²) in [6.07, 6.45) is 2.60. The average molecular weight is 484 g/mol. The molecule has 1 unspecified atom stereocenters. The molecule has 0 bridgehead atoms. The Hall–Kier alpha value is -2.04. The topological polar surface area (TPSA) is 97.4 Å². The minimum Gasteiger partial charge on any atom is -0.492 e. The Morgan fingerprint density at radius 1 is 1.06 bits per heavy atom. The van der Waals surface area contributed by atoms with Crippen LogP contribution >= 0.6 is 0 Å². The number of nitrogens with one attached hydrogen (secondary N) is 1. The van der Waals surface area contributed by atoms with Crippen LogP contribution in [0.1, 0.15) is 46.5 Å².